The summed E-state index contributed by atoms with van der Waals surface area (Å²) >= 11 is 8.29. The Morgan fingerprint density at radius 2 is 1.91 bits per heavy atom. The molecular weight excluding hydrogens is 456 g/mol. The predicted molar refractivity (Wildman–Crippen MR) is 134 cm³/mol. The molecule has 0 spiro atoms. The molecule has 1 aliphatic heterocycles. The van der Waals surface area contributed by atoms with Crippen molar-refractivity contribution in [3.63, 3.8) is 0 Å². The lowest BCUT2D eigenvalue weighted by Crippen LogP contribution is -2.59. The normalized spacial score (nSPS) is 18.2. The first-order chi connectivity index (χ1) is 15.9. The summed E-state index contributed by atoms with van der Waals surface area (Å²) in [6.45, 7) is 4.56. The maximum atomic E-state index is 11.2. The zero-order chi connectivity index (χ0) is 23.3. The van der Waals surface area contributed by atoms with Crippen molar-refractivity contribution in [1.29, 1.82) is 0 Å². The van der Waals surface area contributed by atoms with Gasteiger partial charge in [-0.15, -0.1) is 0 Å². The van der Waals surface area contributed by atoms with Crippen molar-refractivity contribution in [3.8, 4) is 5.75 Å². The van der Waals surface area contributed by atoms with Crippen molar-refractivity contribution >= 4 is 35.0 Å². The molecule has 0 radical (unpaired) electrons. The highest BCUT2D eigenvalue weighted by molar-refractivity contribution is 7.99. The van der Waals surface area contributed by atoms with Crippen LogP contribution in [0.15, 0.2) is 82.6 Å². The molecule has 0 aliphatic carbocycles. The lowest BCUT2D eigenvalue weighted by molar-refractivity contribution is -0.138. The zero-order valence-electron chi connectivity index (χ0n) is 18.5. The van der Waals surface area contributed by atoms with Crippen LogP contribution >= 0.6 is 23.4 Å². The second-order valence-electron chi connectivity index (χ2n) is 8.44. The van der Waals surface area contributed by atoms with Gasteiger partial charge in [0.05, 0.1) is 17.1 Å². The Balaban J connectivity index is 1.42. The molecule has 0 unspecified atom stereocenters. The number of piperazine rings is 1. The summed E-state index contributed by atoms with van der Waals surface area (Å²) in [5, 5.41) is 13.2. The van der Waals surface area contributed by atoms with Crippen molar-refractivity contribution in [1.82, 2.24) is 5.32 Å². The number of aliphatic carboxylic acids is 1. The van der Waals surface area contributed by atoms with Crippen LogP contribution < -0.4 is 15.0 Å². The molecular formula is C26H27ClN2O3S. The maximum Gasteiger partial charge on any atom is 0.305 e. The molecule has 7 heteroatoms. The average Bonchev–Trinajstić information content (AvgIpc) is 2.78. The monoisotopic (exact) mass is 482 g/mol. The molecule has 2 N–H and O–H groups in total. The van der Waals surface area contributed by atoms with Gasteiger partial charge in [-0.05, 0) is 48.9 Å². The van der Waals surface area contributed by atoms with Gasteiger partial charge in [0, 0.05) is 35.0 Å². The zero-order valence-corrected chi connectivity index (χ0v) is 20.0. The highest BCUT2D eigenvalue weighted by atomic mass is 35.5. The Labute approximate surface area is 203 Å². The van der Waals surface area contributed by atoms with Gasteiger partial charge in [-0.25, -0.2) is 0 Å². The molecule has 1 aliphatic rings. The Bertz CT molecular complexity index is 1110. The lowest BCUT2D eigenvalue weighted by atomic mass is 9.94. The Kier molecular flexibility index (Phi) is 7.48. The van der Waals surface area contributed by atoms with Crippen LogP contribution in [0.25, 0.3) is 0 Å². The van der Waals surface area contributed by atoms with Gasteiger partial charge in [-0.1, -0.05) is 59.8 Å². The molecule has 1 fully saturated rings. The molecule has 1 atom stereocenters. The number of nitrogens with zero attached hydrogens (tertiary/aromatic N) is 1. The molecule has 3 aromatic rings. The van der Waals surface area contributed by atoms with Crippen LogP contribution in [0.1, 0.15) is 18.9 Å². The number of rotatable bonds is 8. The van der Waals surface area contributed by atoms with E-state index in [1.807, 2.05) is 67.6 Å². The first-order valence-corrected chi connectivity index (χ1v) is 12.1. The number of hydrogen-bond acceptors (Lipinski definition) is 5. The number of halogens is 1. The Hall–Kier alpha value is -2.67. The van der Waals surface area contributed by atoms with Crippen LogP contribution in [0.2, 0.25) is 5.02 Å². The lowest BCUT2D eigenvalue weighted by Gasteiger charge is -2.42. The number of hydrogen-bond donors (Lipinski definition) is 2. The highest BCUT2D eigenvalue weighted by Crippen LogP contribution is 2.36. The third-order valence-electron chi connectivity index (χ3n) is 5.56. The fourth-order valence-corrected chi connectivity index (χ4v) is 5.29. The van der Waals surface area contributed by atoms with Crippen molar-refractivity contribution in [2.45, 2.75) is 35.3 Å². The fourth-order valence-electron chi connectivity index (χ4n) is 4.02. The quantitative estimate of drug-likeness (QED) is 0.428. The van der Waals surface area contributed by atoms with E-state index >= 15 is 0 Å². The summed E-state index contributed by atoms with van der Waals surface area (Å²) in [5.74, 6) is 0.0183. The minimum atomic E-state index is -0.806. The van der Waals surface area contributed by atoms with E-state index in [0.717, 1.165) is 33.3 Å². The number of benzene rings is 3. The van der Waals surface area contributed by atoms with Crippen LogP contribution in [0.3, 0.4) is 0 Å². The molecule has 1 saturated heterocycles. The Morgan fingerprint density at radius 3 is 2.67 bits per heavy atom. The molecule has 1 heterocycles. The van der Waals surface area contributed by atoms with Crippen molar-refractivity contribution in [2.75, 3.05) is 24.5 Å². The third-order valence-corrected chi connectivity index (χ3v) is 6.85. The van der Waals surface area contributed by atoms with Crippen molar-refractivity contribution in [3.05, 3.63) is 83.4 Å². The van der Waals surface area contributed by atoms with Crippen LogP contribution in [0.5, 0.6) is 5.75 Å². The van der Waals surface area contributed by atoms with E-state index in [4.69, 9.17) is 16.3 Å². The van der Waals surface area contributed by atoms with Gasteiger partial charge in [0.2, 0.25) is 0 Å². The second-order valence-corrected chi connectivity index (χ2v) is 10.00. The molecule has 0 saturated carbocycles. The summed E-state index contributed by atoms with van der Waals surface area (Å²) in [6, 6.07) is 24.2. The fraction of sp³-hybridized carbons (Fsp3) is 0.269. The average molecular weight is 483 g/mol. The van der Waals surface area contributed by atoms with Crippen LogP contribution in [0.4, 0.5) is 5.69 Å². The summed E-state index contributed by atoms with van der Waals surface area (Å²) in [4.78, 5) is 15.5. The molecule has 0 bridgehead atoms. The van der Waals surface area contributed by atoms with Gasteiger partial charge in [-0.2, -0.15) is 0 Å². The second kappa shape index (κ2) is 10.5. The smallest absolute Gasteiger partial charge is 0.305 e. The topological polar surface area (TPSA) is 61.8 Å². The van der Waals surface area contributed by atoms with E-state index in [2.05, 4.69) is 22.3 Å². The molecule has 172 valence electrons. The van der Waals surface area contributed by atoms with Gasteiger partial charge in [0.15, 0.2) is 0 Å². The largest absolute Gasteiger partial charge is 0.489 e. The van der Waals surface area contributed by atoms with Crippen LogP contribution in [0, 0.1) is 0 Å². The summed E-state index contributed by atoms with van der Waals surface area (Å²) in [5.41, 5.74) is 1.57. The molecule has 33 heavy (non-hydrogen) atoms. The summed E-state index contributed by atoms with van der Waals surface area (Å²) in [6.07, 6.45) is 0.0672. The molecule has 3 aromatic carbocycles. The minimum Gasteiger partial charge on any atom is -0.489 e. The van der Waals surface area contributed by atoms with E-state index in [1.165, 1.54) is 0 Å². The number of anilines is 1. The van der Waals surface area contributed by atoms with Gasteiger partial charge in [0.25, 0.3) is 0 Å². The first kappa shape index (κ1) is 23.5. The van der Waals surface area contributed by atoms with Gasteiger partial charge in [0.1, 0.15) is 12.4 Å². The molecule has 5 nitrogen and oxygen atoms in total. The standard InChI is InChI=1S/C26H27ClN2O3S/c1-26(16-25(30)31)18-29(13-12-28-26)24-11-10-22(15-23(24)27)33-21-9-5-8-20(14-21)32-17-19-6-3-2-4-7-19/h2-11,14-15,28H,12-13,16-18H2,1H3,(H,30,31)/t26-/m0/s1. The van der Waals surface area contributed by atoms with E-state index in [1.54, 1.807) is 11.8 Å². The number of ether oxygens (including phenoxy) is 1. The highest BCUT2D eigenvalue weighted by Gasteiger charge is 2.33. The van der Waals surface area contributed by atoms with Gasteiger partial charge in [-0.3, -0.25) is 4.79 Å². The first-order valence-electron chi connectivity index (χ1n) is 10.9. The molecule has 4 rings (SSSR count). The van der Waals surface area contributed by atoms with E-state index < -0.39 is 11.5 Å². The minimum absolute atomic E-state index is 0.0672. The predicted octanol–water partition coefficient (Wildman–Crippen LogP) is 5.71. The molecule has 0 amide bonds. The Morgan fingerprint density at radius 1 is 1.12 bits per heavy atom. The number of carboxylic acid groups (broad SMARTS) is 1. The number of carboxylic acids is 1. The van der Waals surface area contributed by atoms with Crippen molar-refractivity contribution in [2.24, 2.45) is 0 Å². The number of carbonyl (C=O) groups is 1. The SMILES string of the molecule is C[C@]1(CC(=O)O)CN(c2ccc(Sc3cccc(OCc4ccccc4)c3)cc2Cl)CCN1. The van der Waals surface area contributed by atoms with Crippen molar-refractivity contribution < 1.29 is 14.6 Å². The number of nitrogens with one attached hydrogen (secondary N) is 1. The van der Waals surface area contributed by atoms with Crippen LogP contribution in [-0.4, -0.2) is 36.2 Å². The van der Waals surface area contributed by atoms with Gasteiger partial charge >= 0.3 is 5.97 Å². The summed E-state index contributed by atoms with van der Waals surface area (Å²) in [7, 11) is 0. The van der Waals surface area contributed by atoms with Gasteiger partial charge < -0.3 is 20.1 Å². The van der Waals surface area contributed by atoms with Crippen LogP contribution in [-0.2, 0) is 11.4 Å². The van der Waals surface area contributed by atoms with E-state index in [-0.39, 0.29) is 6.42 Å². The van der Waals surface area contributed by atoms with E-state index in [9.17, 15) is 9.90 Å². The molecule has 0 aromatic heterocycles. The van der Waals surface area contributed by atoms with E-state index in [0.29, 0.717) is 24.7 Å². The third kappa shape index (κ3) is 6.44. The summed E-state index contributed by atoms with van der Waals surface area (Å²) < 4.78 is 5.95. The maximum absolute atomic E-state index is 11.2.